The van der Waals surface area contributed by atoms with E-state index in [0.717, 1.165) is 0 Å². The molecule has 1 rings (SSSR count). The van der Waals surface area contributed by atoms with Crippen molar-refractivity contribution in [3.8, 4) is 5.75 Å². The Hall–Kier alpha value is -1.86. The number of hydrogen-bond acceptors (Lipinski definition) is 5. The summed E-state index contributed by atoms with van der Waals surface area (Å²) >= 11 is 0. The van der Waals surface area contributed by atoms with Gasteiger partial charge in [0.1, 0.15) is 5.75 Å². The molecule has 7 nitrogen and oxygen atoms in total. The predicted molar refractivity (Wildman–Crippen MR) is 77.1 cm³/mol. The van der Waals surface area contributed by atoms with Gasteiger partial charge in [-0.05, 0) is 25.5 Å². The van der Waals surface area contributed by atoms with Gasteiger partial charge in [-0.1, -0.05) is 0 Å². The van der Waals surface area contributed by atoms with Crippen LogP contribution >= 0.6 is 12.4 Å². The van der Waals surface area contributed by atoms with E-state index in [0.29, 0.717) is 18.7 Å². The van der Waals surface area contributed by atoms with Gasteiger partial charge in [0, 0.05) is 24.7 Å². The van der Waals surface area contributed by atoms with Crippen LogP contribution in [0, 0.1) is 10.1 Å². The molecule has 1 unspecified atom stereocenters. The van der Waals surface area contributed by atoms with Crippen LogP contribution < -0.4 is 15.8 Å². The van der Waals surface area contributed by atoms with E-state index in [1.54, 1.807) is 0 Å². The van der Waals surface area contributed by atoms with E-state index in [1.165, 1.54) is 24.3 Å². The van der Waals surface area contributed by atoms with Gasteiger partial charge in [0.05, 0.1) is 4.92 Å². The van der Waals surface area contributed by atoms with E-state index in [9.17, 15) is 14.9 Å². The predicted octanol–water partition coefficient (Wildman–Crippen LogP) is 1.25. The molecule has 0 saturated carbocycles. The second-order valence-electron chi connectivity index (χ2n) is 4.16. The number of nitrogens with one attached hydrogen (secondary N) is 1. The fourth-order valence-electron chi connectivity index (χ4n) is 1.30. The summed E-state index contributed by atoms with van der Waals surface area (Å²) in [4.78, 5) is 21.3. The van der Waals surface area contributed by atoms with Gasteiger partial charge in [-0.25, -0.2) is 0 Å². The second-order valence-corrected chi connectivity index (χ2v) is 4.16. The number of amides is 1. The number of hydrogen-bond donors (Lipinski definition) is 2. The molecular weight excluding hydrogens is 286 g/mol. The fraction of sp³-hybridized carbons (Fsp3) is 0.417. The maximum absolute atomic E-state index is 11.4. The number of carbonyl (C=O) groups is 1. The Kier molecular flexibility index (Phi) is 8.26. The van der Waals surface area contributed by atoms with Crippen molar-refractivity contribution in [2.24, 2.45) is 5.73 Å². The lowest BCUT2D eigenvalue weighted by molar-refractivity contribution is -0.384. The van der Waals surface area contributed by atoms with Crippen LogP contribution in [0.2, 0.25) is 0 Å². The number of nitro groups is 1. The molecule has 0 aromatic heterocycles. The first kappa shape index (κ1) is 18.1. The summed E-state index contributed by atoms with van der Waals surface area (Å²) in [7, 11) is 0. The first-order valence-electron chi connectivity index (χ1n) is 5.88. The summed E-state index contributed by atoms with van der Waals surface area (Å²) in [6.07, 6.45) is 0.698. The van der Waals surface area contributed by atoms with Crippen molar-refractivity contribution in [3.63, 3.8) is 0 Å². The van der Waals surface area contributed by atoms with Crippen molar-refractivity contribution in [2.45, 2.75) is 19.4 Å². The molecule has 0 saturated heterocycles. The monoisotopic (exact) mass is 303 g/mol. The summed E-state index contributed by atoms with van der Waals surface area (Å²) < 4.78 is 5.19. The van der Waals surface area contributed by atoms with Gasteiger partial charge in [-0.15, -0.1) is 12.4 Å². The maximum Gasteiger partial charge on any atom is 0.269 e. The smallest absolute Gasteiger partial charge is 0.269 e. The minimum Gasteiger partial charge on any atom is -0.484 e. The molecule has 0 spiro atoms. The maximum atomic E-state index is 11.4. The largest absolute Gasteiger partial charge is 0.484 e. The van der Waals surface area contributed by atoms with Crippen LogP contribution in [0.4, 0.5) is 5.69 Å². The summed E-state index contributed by atoms with van der Waals surface area (Å²) in [6, 6.07) is 5.59. The Balaban J connectivity index is 0.00000361. The number of rotatable bonds is 7. The number of ether oxygens (including phenoxy) is 1. The third-order valence-corrected chi connectivity index (χ3v) is 2.34. The van der Waals surface area contributed by atoms with Gasteiger partial charge in [0.15, 0.2) is 6.61 Å². The minimum atomic E-state index is -0.496. The van der Waals surface area contributed by atoms with E-state index in [4.69, 9.17) is 10.5 Å². The topological polar surface area (TPSA) is 107 Å². The number of benzene rings is 1. The van der Waals surface area contributed by atoms with Crippen molar-refractivity contribution in [1.29, 1.82) is 0 Å². The Bertz CT molecular complexity index is 437. The van der Waals surface area contributed by atoms with Crippen molar-refractivity contribution >= 4 is 24.0 Å². The number of nitrogens with zero attached hydrogens (tertiary/aromatic N) is 1. The van der Waals surface area contributed by atoms with E-state index in [1.807, 2.05) is 6.92 Å². The minimum absolute atomic E-state index is 0. The van der Waals surface area contributed by atoms with E-state index in [2.05, 4.69) is 5.32 Å². The average Bonchev–Trinajstić information content (AvgIpc) is 2.36. The van der Waals surface area contributed by atoms with Crippen molar-refractivity contribution in [3.05, 3.63) is 34.4 Å². The third kappa shape index (κ3) is 6.91. The lowest BCUT2D eigenvalue weighted by Gasteiger charge is -2.08. The number of non-ortho nitro benzene ring substituents is 1. The molecule has 1 atom stereocenters. The molecule has 0 bridgehead atoms. The highest BCUT2D eigenvalue weighted by Crippen LogP contribution is 2.16. The van der Waals surface area contributed by atoms with Gasteiger partial charge >= 0.3 is 0 Å². The van der Waals surface area contributed by atoms with Crippen LogP contribution in [-0.4, -0.2) is 30.0 Å². The van der Waals surface area contributed by atoms with Crippen LogP contribution in [0.3, 0.4) is 0 Å². The molecule has 112 valence electrons. The molecule has 0 heterocycles. The number of carbonyl (C=O) groups excluding carboxylic acids is 1. The summed E-state index contributed by atoms with van der Waals surface area (Å²) in [5, 5.41) is 13.1. The highest BCUT2D eigenvalue weighted by Gasteiger charge is 2.06. The zero-order valence-electron chi connectivity index (χ0n) is 11.1. The van der Waals surface area contributed by atoms with Gasteiger partial charge in [0.25, 0.3) is 11.6 Å². The summed E-state index contributed by atoms with van der Waals surface area (Å²) in [6.45, 7) is 2.23. The number of nitro benzene ring substituents is 1. The van der Waals surface area contributed by atoms with E-state index in [-0.39, 0.29) is 36.7 Å². The van der Waals surface area contributed by atoms with Crippen LogP contribution in [0.15, 0.2) is 24.3 Å². The number of nitrogens with two attached hydrogens (primary N) is 1. The molecule has 20 heavy (non-hydrogen) atoms. The van der Waals surface area contributed by atoms with Crippen LogP contribution in [0.5, 0.6) is 5.75 Å². The van der Waals surface area contributed by atoms with Crippen LogP contribution in [-0.2, 0) is 4.79 Å². The quantitative estimate of drug-likeness (QED) is 0.582. The molecule has 0 radical (unpaired) electrons. The first-order chi connectivity index (χ1) is 8.99. The second kappa shape index (κ2) is 9.11. The molecule has 0 aliphatic carbocycles. The van der Waals surface area contributed by atoms with E-state index >= 15 is 0 Å². The highest BCUT2D eigenvalue weighted by atomic mass is 35.5. The molecule has 8 heteroatoms. The lowest BCUT2D eigenvalue weighted by Crippen LogP contribution is -2.32. The molecule has 1 aromatic rings. The molecule has 0 fully saturated rings. The molecule has 0 aliphatic rings. The Morgan fingerprint density at radius 3 is 2.55 bits per heavy atom. The fourth-order valence-corrected chi connectivity index (χ4v) is 1.30. The van der Waals surface area contributed by atoms with Gasteiger partial charge < -0.3 is 15.8 Å². The normalized spacial score (nSPS) is 11.1. The highest BCUT2D eigenvalue weighted by molar-refractivity contribution is 5.85. The zero-order chi connectivity index (χ0) is 14.3. The molecule has 3 N–H and O–H groups in total. The summed E-state index contributed by atoms with van der Waals surface area (Å²) in [5.74, 6) is 0.159. The Morgan fingerprint density at radius 1 is 1.45 bits per heavy atom. The molecular formula is C12H18ClN3O4. The first-order valence-corrected chi connectivity index (χ1v) is 5.88. The third-order valence-electron chi connectivity index (χ3n) is 2.34. The Morgan fingerprint density at radius 2 is 2.05 bits per heavy atom. The summed E-state index contributed by atoms with van der Waals surface area (Å²) in [5.41, 5.74) is 5.52. The SMILES string of the molecule is CC(N)CCNC(=O)COc1ccc([N+](=O)[O-])cc1.Cl. The molecule has 0 aliphatic heterocycles. The van der Waals surface area contributed by atoms with Crippen molar-refractivity contribution < 1.29 is 14.5 Å². The van der Waals surface area contributed by atoms with Gasteiger partial charge in [0.2, 0.25) is 0 Å². The van der Waals surface area contributed by atoms with Crippen LogP contribution in [0.25, 0.3) is 0 Å². The zero-order valence-corrected chi connectivity index (χ0v) is 11.9. The van der Waals surface area contributed by atoms with Crippen molar-refractivity contribution in [2.75, 3.05) is 13.2 Å². The standard InChI is InChI=1S/C12H17N3O4.ClH/c1-9(13)6-7-14-12(16)8-19-11-4-2-10(3-5-11)15(17)18;/h2-5,9H,6-8,13H2,1H3,(H,14,16);1H. The van der Waals surface area contributed by atoms with Crippen LogP contribution in [0.1, 0.15) is 13.3 Å². The number of halogens is 1. The molecule has 1 amide bonds. The van der Waals surface area contributed by atoms with Crippen molar-refractivity contribution in [1.82, 2.24) is 5.32 Å². The van der Waals surface area contributed by atoms with E-state index < -0.39 is 4.92 Å². The van der Waals surface area contributed by atoms with Gasteiger partial charge in [-0.2, -0.15) is 0 Å². The van der Waals surface area contributed by atoms with Gasteiger partial charge in [-0.3, -0.25) is 14.9 Å². The average molecular weight is 304 g/mol. The molecule has 1 aromatic carbocycles. The Labute approximate surface area is 123 Å². The lowest BCUT2D eigenvalue weighted by atomic mass is 10.2.